The fraction of sp³-hybridized carbons (Fsp3) is 0. The molecule has 3 heterocycles. The molecule has 0 saturated heterocycles. The number of furan rings is 1. The van der Waals surface area contributed by atoms with Gasteiger partial charge in [-0.3, -0.25) is 0 Å². The van der Waals surface area contributed by atoms with Crippen molar-refractivity contribution in [2.75, 3.05) is 4.90 Å². The van der Waals surface area contributed by atoms with Crippen molar-refractivity contribution in [2.24, 2.45) is 0 Å². The molecule has 0 spiro atoms. The summed E-state index contributed by atoms with van der Waals surface area (Å²) in [5.41, 5.74) is 10.9. The molecule has 11 rings (SSSR count). The van der Waals surface area contributed by atoms with Crippen LogP contribution < -0.4 is 4.90 Å². The van der Waals surface area contributed by atoms with Crippen LogP contribution in [0.4, 0.5) is 17.1 Å². The van der Waals surface area contributed by atoms with Crippen LogP contribution in [-0.4, -0.2) is 4.57 Å². The highest BCUT2D eigenvalue weighted by atomic mass is 32.1. The number of benzene rings is 8. The Labute approximate surface area is 303 Å². The number of fused-ring (bicyclic) bond motifs is 9. The maximum atomic E-state index is 6.40. The van der Waals surface area contributed by atoms with Crippen LogP contribution in [0, 0.1) is 0 Å². The van der Waals surface area contributed by atoms with Crippen molar-refractivity contribution in [3.8, 4) is 16.8 Å². The molecule has 4 heteroatoms. The summed E-state index contributed by atoms with van der Waals surface area (Å²) in [6.07, 6.45) is 0. The number of aromatic nitrogens is 1. The van der Waals surface area contributed by atoms with Gasteiger partial charge in [0.05, 0.1) is 22.1 Å². The highest BCUT2D eigenvalue weighted by Crippen LogP contribution is 2.45. The van der Waals surface area contributed by atoms with E-state index < -0.39 is 0 Å². The summed E-state index contributed by atoms with van der Waals surface area (Å²) in [5, 5.41) is 7.26. The number of rotatable bonds is 5. The monoisotopic (exact) mass is 682 g/mol. The van der Waals surface area contributed by atoms with Crippen LogP contribution in [0.15, 0.2) is 186 Å². The minimum absolute atomic E-state index is 0.873. The zero-order valence-electron chi connectivity index (χ0n) is 28.0. The Morgan fingerprint density at radius 3 is 1.98 bits per heavy atom. The van der Waals surface area contributed by atoms with Gasteiger partial charge in [0, 0.05) is 53.4 Å². The van der Waals surface area contributed by atoms with E-state index in [1.54, 1.807) is 0 Å². The molecule has 52 heavy (non-hydrogen) atoms. The summed E-state index contributed by atoms with van der Waals surface area (Å²) in [5.74, 6) is 0. The number of nitrogens with zero attached hydrogens (tertiary/aromatic N) is 2. The number of thiophene rings is 1. The van der Waals surface area contributed by atoms with E-state index in [0.29, 0.717) is 0 Å². The first-order valence-electron chi connectivity index (χ1n) is 17.6. The molecule has 0 unspecified atom stereocenters. The molecular formula is C48H30N2OS. The van der Waals surface area contributed by atoms with Crippen molar-refractivity contribution in [1.82, 2.24) is 4.57 Å². The van der Waals surface area contributed by atoms with Crippen molar-refractivity contribution >= 4 is 92.3 Å². The van der Waals surface area contributed by atoms with Gasteiger partial charge < -0.3 is 13.9 Å². The van der Waals surface area contributed by atoms with E-state index in [-0.39, 0.29) is 0 Å². The molecule has 0 aliphatic carbocycles. The Balaban J connectivity index is 1.12. The largest absolute Gasteiger partial charge is 0.456 e. The van der Waals surface area contributed by atoms with E-state index in [0.717, 1.165) is 44.7 Å². The minimum atomic E-state index is 0.873. The number of anilines is 3. The lowest BCUT2D eigenvalue weighted by atomic mass is 10.0. The van der Waals surface area contributed by atoms with Crippen molar-refractivity contribution in [3.05, 3.63) is 182 Å². The summed E-state index contributed by atoms with van der Waals surface area (Å²) in [7, 11) is 0. The van der Waals surface area contributed by atoms with Crippen LogP contribution >= 0.6 is 11.3 Å². The second-order valence-corrected chi connectivity index (χ2v) is 14.4. The van der Waals surface area contributed by atoms with E-state index in [9.17, 15) is 0 Å². The average Bonchev–Trinajstić information content (AvgIpc) is 3.88. The Bertz CT molecular complexity index is 3130. The molecule has 0 atom stereocenters. The first kappa shape index (κ1) is 29.1. The minimum Gasteiger partial charge on any atom is -0.456 e. The predicted molar refractivity (Wildman–Crippen MR) is 221 cm³/mol. The molecule has 8 aromatic carbocycles. The van der Waals surface area contributed by atoms with Gasteiger partial charge in [-0.1, -0.05) is 97.1 Å². The van der Waals surface area contributed by atoms with E-state index in [2.05, 4.69) is 185 Å². The van der Waals surface area contributed by atoms with Gasteiger partial charge in [0.25, 0.3) is 0 Å². The summed E-state index contributed by atoms with van der Waals surface area (Å²) < 4.78 is 11.4. The van der Waals surface area contributed by atoms with Gasteiger partial charge in [0.15, 0.2) is 0 Å². The molecule has 0 saturated carbocycles. The second-order valence-electron chi connectivity index (χ2n) is 13.3. The lowest BCUT2D eigenvalue weighted by molar-refractivity contribution is 0.669. The first-order chi connectivity index (χ1) is 25.8. The Kier molecular flexibility index (Phi) is 6.42. The summed E-state index contributed by atoms with van der Waals surface area (Å²) in [6, 6.07) is 65.5. The molecule has 0 N–H and O–H groups in total. The molecule has 0 fully saturated rings. The van der Waals surface area contributed by atoms with Crippen molar-refractivity contribution in [2.45, 2.75) is 0 Å². The molecule has 0 bridgehead atoms. The SMILES string of the molecule is c1ccc(-n2c3ccccc3c3cc(N(c4ccc(-c5ccc6sc7ccccc7c6c5)cc4)c4cccc5oc6ccccc6c45)ccc32)cc1. The summed E-state index contributed by atoms with van der Waals surface area (Å²) >= 11 is 1.86. The van der Waals surface area contributed by atoms with Gasteiger partial charge in [-0.15, -0.1) is 11.3 Å². The molecular weight excluding hydrogens is 653 g/mol. The molecule has 0 amide bonds. The van der Waals surface area contributed by atoms with Crippen molar-refractivity contribution < 1.29 is 4.42 Å². The first-order valence-corrected chi connectivity index (χ1v) is 18.4. The highest BCUT2D eigenvalue weighted by Gasteiger charge is 2.21. The van der Waals surface area contributed by atoms with E-state index in [1.807, 2.05) is 17.4 Å². The van der Waals surface area contributed by atoms with Gasteiger partial charge in [0.1, 0.15) is 11.2 Å². The number of hydrogen-bond donors (Lipinski definition) is 0. The van der Waals surface area contributed by atoms with Gasteiger partial charge >= 0.3 is 0 Å². The molecule has 0 radical (unpaired) electrons. The Morgan fingerprint density at radius 1 is 0.423 bits per heavy atom. The molecule has 3 nitrogen and oxygen atoms in total. The van der Waals surface area contributed by atoms with Gasteiger partial charge in [0.2, 0.25) is 0 Å². The third-order valence-corrected chi connectivity index (χ3v) is 11.5. The van der Waals surface area contributed by atoms with E-state index in [4.69, 9.17) is 4.42 Å². The van der Waals surface area contributed by atoms with Gasteiger partial charge in [-0.2, -0.15) is 0 Å². The standard InChI is InChI=1S/C48H30N2OS/c1-2-11-33(12-3-1)50-41-16-7-4-13-36(41)39-30-35(26-27-42(39)50)49(43-17-10-19-45-48(43)38-15-5-8-18-44(38)51-45)34-24-21-31(22-25-34)32-23-28-47-40(29-32)37-14-6-9-20-46(37)52-47/h1-30H. The van der Waals surface area contributed by atoms with E-state index >= 15 is 0 Å². The smallest absolute Gasteiger partial charge is 0.137 e. The Morgan fingerprint density at radius 2 is 1.10 bits per heavy atom. The maximum Gasteiger partial charge on any atom is 0.137 e. The molecule has 0 aliphatic heterocycles. The normalized spacial score (nSPS) is 11.8. The van der Waals surface area contributed by atoms with Crippen molar-refractivity contribution in [3.63, 3.8) is 0 Å². The molecule has 0 aliphatic rings. The van der Waals surface area contributed by atoms with Crippen LogP contribution in [-0.2, 0) is 0 Å². The zero-order chi connectivity index (χ0) is 34.2. The zero-order valence-corrected chi connectivity index (χ0v) is 28.8. The third kappa shape index (κ3) is 4.45. The van der Waals surface area contributed by atoms with Crippen LogP contribution in [0.2, 0.25) is 0 Å². The number of para-hydroxylation sites is 3. The average molecular weight is 683 g/mol. The van der Waals surface area contributed by atoms with Gasteiger partial charge in [-0.25, -0.2) is 0 Å². The lowest BCUT2D eigenvalue weighted by Gasteiger charge is -2.26. The fourth-order valence-corrected chi connectivity index (χ4v) is 9.12. The van der Waals surface area contributed by atoms with Crippen LogP contribution in [0.25, 0.3) is 80.7 Å². The topological polar surface area (TPSA) is 21.3 Å². The third-order valence-electron chi connectivity index (χ3n) is 10.4. The van der Waals surface area contributed by atoms with Crippen LogP contribution in [0.3, 0.4) is 0 Å². The summed E-state index contributed by atoms with van der Waals surface area (Å²) in [6.45, 7) is 0. The molecule has 3 aromatic heterocycles. The fourth-order valence-electron chi connectivity index (χ4n) is 8.03. The quantitative estimate of drug-likeness (QED) is 0.180. The van der Waals surface area contributed by atoms with E-state index in [1.165, 1.54) is 53.1 Å². The summed E-state index contributed by atoms with van der Waals surface area (Å²) in [4.78, 5) is 2.39. The van der Waals surface area contributed by atoms with Gasteiger partial charge in [-0.05, 0) is 96.1 Å². The van der Waals surface area contributed by atoms with Crippen LogP contribution in [0.1, 0.15) is 0 Å². The molecule has 244 valence electrons. The maximum absolute atomic E-state index is 6.40. The van der Waals surface area contributed by atoms with Crippen molar-refractivity contribution in [1.29, 1.82) is 0 Å². The highest BCUT2D eigenvalue weighted by molar-refractivity contribution is 7.25. The lowest BCUT2D eigenvalue weighted by Crippen LogP contribution is -2.10. The molecule has 11 aromatic rings. The Hall–Kier alpha value is -6.62. The number of hydrogen-bond acceptors (Lipinski definition) is 3. The second kappa shape index (κ2) is 11.5. The predicted octanol–water partition coefficient (Wildman–Crippen LogP) is 14.2. The van der Waals surface area contributed by atoms with Crippen LogP contribution in [0.5, 0.6) is 0 Å².